The first kappa shape index (κ1) is 22.3. The van der Waals surface area contributed by atoms with Gasteiger partial charge in [0.25, 0.3) is 0 Å². The minimum atomic E-state index is -0.174. The predicted molar refractivity (Wildman–Crippen MR) is 130 cm³/mol. The van der Waals surface area contributed by atoms with Gasteiger partial charge in [0.15, 0.2) is 0 Å². The molecular weight excluding hydrogens is 421 g/mol. The lowest BCUT2D eigenvalue weighted by Gasteiger charge is -2.41. The van der Waals surface area contributed by atoms with Gasteiger partial charge in [-0.2, -0.15) is 0 Å². The summed E-state index contributed by atoms with van der Waals surface area (Å²) in [4.78, 5) is 2.74. The molecule has 1 aliphatic carbocycles. The van der Waals surface area contributed by atoms with E-state index in [1.54, 1.807) is 23.9 Å². The molecule has 1 aromatic rings. The van der Waals surface area contributed by atoms with Gasteiger partial charge in [-0.15, -0.1) is 11.8 Å². The summed E-state index contributed by atoms with van der Waals surface area (Å²) in [5.74, 6) is 0.657. The number of benzene rings is 1. The van der Waals surface area contributed by atoms with Gasteiger partial charge in [0, 0.05) is 49.1 Å². The van der Waals surface area contributed by atoms with Gasteiger partial charge < -0.3 is 15.4 Å². The van der Waals surface area contributed by atoms with Gasteiger partial charge in [0.05, 0.1) is 6.10 Å². The second-order valence-electron chi connectivity index (χ2n) is 9.87. The van der Waals surface area contributed by atoms with E-state index < -0.39 is 0 Å². The molecule has 2 N–H and O–H groups in total. The van der Waals surface area contributed by atoms with Crippen LogP contribution in [0.4, 0.5) is 4.39 Å². The Hall–Kier alpha value is -1.50. The average Bonchev–Trinajstić information content (AvgIpc) is 3.49. The van der Waals surface area contributed by atoms with E-state index in [4.69, 9.17) is 4.74 Å². The first-order valence-electron chi connectivity index (χ1n) is 12.3. The number of ether oxygens (including phenoxy) is 1. The van der Waals surface area contributed by atoms with Crippen molar-refractivity contribution in [1.29, 1.82) is 0 Å². The van der Waals surface area contributed by atoms with Gasteiger partial charge in [-0.3, -0.25) is 4.90 Å². The second-order valence-corrected chi connectivity index (χ2v) is 10.8. The van der Waals surface area contributed by atoms with Crippen LogP contribution in [0.1, 0.15) is 62.8 Å². The van der Waals surface area contributed by atoms with Gasteiger partial charge in [0.1, 0.15) is 11.2 Å². The number of nitrogens with zero attached hydrogens (tertiary/aromatic N) is 1. The van der Waals surface area contributed by atoms with E-state index in [1.807, 2.05) is 6.07 Å². The molecule has 32 heavy (non-hydrogen) atoms. The van der Waals surface area contributed by atoms with Crippen LogP contribution in [0.2, 0.25) is 0 Å². The lowest BCUT2D eigenvalue weighted by atomic mass is 9.79. The third kappa shape index (κ3) is 4.73. The Bertz CT molecular complexity index is 851. The normalized spacial score (nSPS) is 31.8. The molecule has 4 nitrogen and oxygen atoms in total. The summed E-state index contributed by atoms with van der Waals surface area (Å²) in [6.45, 7) is 8.74. The van der Waals surface area contributed by atoms with E-state index in [0.717, 1.165) is 56.0 Å². The molecule has 0 bridgehead atoms. The summed E-state index contributed by atoms with van der Waals surface area (Å²) in [6.07, 6.45) is 8.58. The first-order chi connectivity index (χ1) is 15.6. The SMILES string of the molecule is C=C(N[C@H]1CCN(C(C)C2CCC2)[C@H]1CC1=CSC(c2cccc(F)c2)N1)[C@@H]1CCCO1. The maximum Gasteiger partial charge on any atom is 0.123 e. The van der Waals surface area contributed by atoms with Crippen molar-refractivity contribution in [1.82, 2.24) is 15.5 Å². The first-order valence-corrected chi connectivity index (χ1v) is 13.2. The number of thioether (sulfide) groups is 1. The van der Waals surface area contributed by atoms with Gasteiger partial charge in [-0.25, -0.2) is 4.39 Å². The molecule has 2 unspecified atom stereocenters. The standard InChI is InChI=1S/C26H36FN3OS/c1-17(25-10-5-13-31-25)28-23-11-12-30(18(2)19-6-3-7-19)24(23)15-22-16-32-26(29-22)20-8-4-9-21(27)14-20/h4,8-9,14,16,18-19,23-26,28-29H,1,3,5-7,10-13,15H2,2H3/t18?,23-,24-,25-,26?/m0/s1. The number of hydrogen-bond donors (Lipinski definition) is 2. The smallest absolute Gasteiger partial charge is 0.123 e. The highest BCUT2D eigenvalue weighted by Gasteiger charge is 2.41. The largest absolute Gasteiger partial charge is 0.382 e. The van der Waals surface area contributed by atoms with Crippen molar-refractivity contribution in [3.05, 3.63) is 59.0 Å². The average molecular weight is 458 g/mol. The maximum absolute atomic E-state index is 13.7. The Morgan fingerprint density at radius 2 is 2.19 bits per heavy atom. The van der Waals surface area contributed by atoms with E-state index in [2.05, 4.69) is 34.4 Å². The van der Waals surface area contributed by atoms with Crippen LogP contribution >= 0.6 is 11.8 Å². The summed E-state index contributed by atoms with van der Waals surface area (Å²) in [5.41, 5.74) is 3.31. The highest BCUT2D eigenvalue weighted by atomic mass is 32.2. The molecule has 4 aliphatic rings. The van der Waals surface area contributed by atoms with Gasteiger partial charge in [0.2, 0.25) is 0 Å². The van der Waals surface area contributed by atoms with Gasteiger partial charge >= 0.3 is 0 Å². The van der Waals surface area contributed by atoms with Gasteiger partial charge in [-0.1, -0.05) is 25.1 Å². The van der Waals surface area contributed by atoms with Gasteiger partial charge in [-0.05, 0) is 68.0 Å². The van der Waals surface area contributed by atoms with Crippen molar-refractivity contribution in [3.8, 4) is 0 Å². The van der Waals surface area contributed by atoms with E-state index in [-0.39, 0.29) is 17.3 Å². The topological polar surface area (TPSA) is 36.5 Å². The Morgan fingerprint density at radius 1 is 1.31 bits per heavy atom. The fourth-order valence-electron chi connectivity index (χ4n) is 5.74. The van der Waals surface area contributed by atoms with Crippen LogP contribution in [0.3, 0.4) is 0 Å². The van der Waals surface area contributed by atoms with Crippen molar-refractivity contribution in [2.45, 2.75) is 81.5 Å². The highest BCUT2D eigenvalue weighted by molar-refractivity contribution is 8.02. The molecule has 5 rings (SSSR count). The highest BCUT2D eigenvalue weighted by Crippen LogP contribution is 2.40. The molecule has 0 aromatic heterocycles. The summed E-state index contributed by atoms with van der Waals surface area (Å²) in [6, 6.07) is 8.36. The molecule has 0 spiro atoms. The quantitative estimate of drug-likeness (QED) is 0.554. The third-order valence-corrected chi connectivity index (χ3v) is 8.96. The van der Waals surface area contributed by atoms with Crippen LogP contribution in [0, 0.1) is 11.7 Å². The zero-order valence-electron chi connectivity index (χ0n) is 19.1. The molecule has 2 saturated heterocycles. The van der Waals surface area contributed by atoms with Crippen LogP contribution in [0.5, 0.6) is 0 Å². The van der Waals surface area contributed by atoms with Crippen molar-refractivity contribution in [2.24, 2.45) is 5.92 Å². The fourth-order valence-corrected chi connectivity index (χ4v) is 6.73. The molecule has 174 valence electrons. The van der Waals surface area contributed by atoms with Crippen molar-refractivity contribution < 1.29 is 9.13 Å². The number of likely N-dealkylation sites (tertiary alicyclic amines) is 1. The molecule has 6 heteroatoms. The lowest BCUT2D eigenvalue weighted by Crippen LogP contribution is -2.49. The van der Waals surface area contributed by atoms with E-state index in [0.29, 0.717) is 18.1 Å². The van der Waals surface area contributed by atoms with E-state index >= 15 is 0 Å². The van der Waals surface area contributed by atoms with Crippen LogP contribution in [0.15, 0.2) is 47.6 Å². The Kier molecular flexibility index (Phi) is 6.81. The minimum absolute atomic E-state index is 0.0906. The van der Waals surface area contributed by atoms with Crippen molar-refractivity contribution in [3.63, 3.8) is 0 Å². The fraction of sp³-hybridized carbons (Fsp3) is 0.615. The monoisotopic (exact) mass is 457 g/mol. The maximum atomic E-state index is 13.7. The van der Waals surface area contributed by atoms with Crippen molar-refractivity contribution >= 4 is 11.8 Å². The Morgan fingerprint density at radius 3 is 2.91 bits per heavy atom. The van der Waals surface area contributed by atoms with E-state index in [1.165, 1.54) is 31.0 Å². The minimum Gasteiger partial charge on any atom is -0.382 e. The molecule has 0 amide bonds. The Labute approximate surface area is 196 Å². The molecule has 3 heterocycles. The number of halogens is 1. The van der Waals surface area contributed by atoms with Crippen LogP contribution in [-0.4, -0.2) is 42.3 Å². The molecule has 0 radical (unpaired) electrons. The summed E-state index contributed by atoms with van der Waals surface area (Å²) in [7, 11) is 0. The summed E-state index contributed by atoms with van der Waals surface area (Å²) in [5, 5.41) is 9.78. The third-order valence-electron chi connectivity index (χ3n) is 7.88. The lowest BCUT2D eigenvalue weighted by molar-refractivity contribution is 0.0889. The number of nitrogens with one attached hydrogen (secondary N) is 2. The van der Waals surface area contributed by atoms with Crippen molar-refractivity contribution in [2.75, 3.05) is 13.2 Å². The molecule has 3 fully saturated rings. The summed E-state index contributed by atoms with van der Waals surface area (Å²) >= 11 is 1.75. The van der Waals surface area contributed by atoms with Crippen LogP contribution in [0.25, 0.3) is 0 Å². The Balaban J connectivity index is 1.27. The summed E-state index contributed by atoms with van der Waals surface area (Å²) < 4.78 is 19.6. The zero-order chi connectivity index (χ0) is 22.1. The van der Waals surface area contributed by atoms with Crippen LogP contribution < -0.4 is 10.6 Å². The predicted octanol–water partition coefficient (Wildman–Crippen LogP) is 5.31. The zero-order valence-corrected chi connectivity index (χ0v) is 19.9. The molecule has 1 aromatic carbocycles. The van der Waals surface area contributed by atoms with Crippen LogP contribution in [-0.2, 0) is 4.74 Å². The van der Waals surface area contributed by atoms with E-state index in [9.17, 15) is 4.39 Å². The number of rotatable bonds is 8. The molecule has 3 aliphatic heterocycles. The second kappa shape index (κ2) is 9.78. The number of hydrogen-bond acceptors (Lipinski definition) is 5. The molecule has 1 saturated carbocycles. The molecular formula is C26H36FN3OS. The molecule has 5 atom stereocenters.